The van der Waals surface area contributed by atoms with Crippen molar-refractivity contribution in [1.29, 1.82) is 0 Å². The molecule has 1 aliphatic heterocycles. The summed E-state index contributed by atoms with van der Waals surface area (Å²) in [6.07, 6.45) is 0. The van der Waals surface area contributed by atoms with Crippen LogP contribution >= 0.6 is 27.5 Å². The fraction of sp³-hybridized carbons (Fsp3) is 0.176. The molecular formula is C17H14BrClFN2O2+. The van der Waals surface area contributed by atoms with Gasteiger partial charge in [-0.2, -0.15) is 0 Å². The lowest BCUT2D eigenvalue weighted by atomic mass is 10.1. The van der Waals surface area contributed by atoms with Gasteiger partial charge in [0, 0.05) is 4.47 Å². The second-order valence-corrected chi connectivity index (χ2v) is 7.04. The average Bonchev–Trinajstić information content (AvgIpc) is 2.76. The summed E-state index contributed by atoms with van der Waals surface area (Å²) in [6.45, 7) is 0.541. The lowest BCUT2D eigenvalue weighted by Gasteiger charge is -2.22. The van der Waals surface area contributed by atoms with Gasteiger partial charge < -0.3 is 4.90 Å². The van der Waals surface area contributed by atoms with Crippen LogP contribution < -0.4 is 9.80 Å². The molecule has 1 amide bonds. The predicted molar refractivity (Wildman–Crippen MR) is 92.8 cm³/mol. The number of fused-ring (bicyclic) bond motifs is 1. The van der Waals surface area contributed by atoms with Crippen LogP contribution in [0.1, 0.15) is 15.9 Å². The first-order chi connectivity index (χ1) is 11.4. The molecule has 0 radical (unpaired) electrons. The number of hydrogen-bond donors (Lipinski definition) is 1. The Balaban J connectivity index is 1.82. The van der Waals surface area contributed by atoms with Crippen LogP contribution in [0.5, 0.6) is 0 Å². The number of carbonyl (C=O) groups excluding carboxylic acids is 2. The number of anilines is 1. The number of carbonyl (C=O) groups is 2. The molecule has 4 nitrogen and oxygen atoms in total. The zero-order valence-electron chi connectivity index (χ0n) is 12.8. The fourth-order valence-electron chi connectivity index (χ4n) is 2.76. The fourth-order valence-corrected chi connectivity index (χ4v) is 3.35. The quantitative estimate of drug-likeness (QED) is 0.784. The minimum Gasteiger partial charge on any atom is -0.316 e. The zero-order valence-corrected chi connectivity index (χ0v) is 15.1. The summed E-state index contributed by atoms with van der Waals surface area (Å²) in [6, 6.07) is 9.68. The van der Waals surface area contributed by atoms with Gasteiger partial charge in [0.2, 0.25) is 0 Å². The Morgan fingerprint density at radius 2 is 2.00 bits per heavy atom. The summed E-state index contributed by atoms with van der Waals surface area (Å²) in [5.74, 6) is -1.47. The van der Waals surface area contributed by atoms with Gasteiger partial charge in [0.15, 0.2) is 6.67 Å². The van der Waals surface area contributed by atoms with E-state index in [0.717, 1.165) is 9.37 Å². The van der Waals surface area contributed by atoms with E-state index in [9.17, 15) is 14.0 Å². The van der Waals surface area contributed by atoms with Crippen molar-refractivity contribution in [2.24, 2.45) is 0 Å². The van der Waals surface area contributed by atoms with Crippen LogP contribution in [0.25, 0.3) is 0 Å². The molecule has 3 rings (SSSR count). The van der Waals surface area contributed by atoms with Crippen molar-refractivity contribution in [3.8, 4) is 0 Å². The van der Waals surface area contributed by atoms with Crippen LogP contribution in [0.2, 0.25) is 5.02 Å². The van der Waals surface area contributed by atoms with Crippen molar-refractivity contribution in [2.45, 2.75) is 6.54 Å². The number of hydrogen-bond acceptors (Lipinski definition) is 2. The Kier molecular flexibility index (Phi) is 4.71. The van der Waals surface area contributed by atoms with Crippen LogP contribution in [-0.2, 0) is 11.3 Å². The van der Waals surface area contributed by atoms with E-state index >= 15 is 0 Å². The third-order valence-corrected chi connectivity index (χ3v) is 4.75. The molecule has 1 atom stereocenters. The normalized spacial score (nSPS) is 14.9. The van der Waals surface area contributed by atoms with Crippen LogP contribution in [0.4, 0.5) is 10.1 Å². The highest BCUT2D eigenvalue weighted by Gasteiger charge is 2.37. The van der Waals surface area contributed by atoms with E-state index in [-0.39, 0.29) is 12.5 Å². The highest BCUT2D eigenvalue weighted by atomic mass is 79.9. The average molecular weight is 413 g/mol. The maximum absolute atomic E-state index is 13.9. The lowest BCUT2D eigenvalue weighted by molar-refractivity contribution is -0.892. The molecule has 0 spiro atoms. The molecule has 0 aliphatic carbocycles. The number of quaternary nitrogens is 1. The summed E-state index contributed by atoms with van der Waals surface area (Å²) in [5.41, 5.74) is 1.35. The number of ketones is 1. The minimum absolute atomic E-state index is 0.240. The first kappa shape index (κ1) is 17.1. The van der Waals surface area contributed by atoms with Gasteiger partial charge in [0.05, 0.1) is 28.9 Å². The predicted octanol–water partition coefficient (Wildman–Crippen LogP) is 2.44. The standard InChI is InChI=1S/C17H13BrClFN2O2/c1-21(8-12-13(19)3-2-4-14(12)20)9-22-15-6-5-10(18)7-11(15)16(23)17(22)24/h2-7H,8-9H2,1H3/p+1. The Morgan fingerprint density at radius 1 is 1.25 bits per heavy atom. The largest absolute Gasteiger partial charge is 0.316 e. The molecule has 0 saturated carbocycles. The van der Waals surface area contributed by atoms with E-state index in [1.54, 1.807) is 30.3 Å². The molecule has 2 aromatic rings. The minimum atomic E-state index is -0.568. The van der Waals surface area contributed by atoms with E-state index < -0.39 is 11.7 Å². The van der Waals surface area contributed by atoms with E-state index in [1.807, 2.05) is 7.05 Å². The molecular weight excluding hydrogens is 399 g/mol. The van der Waals surface area contributed by atoms with Gasteiger partial charge >= 0.3 is 5.91 Å². The Hall–Kier alpha value is -1.76. The summed E-state index contributed by atoms with van der Waals surface area (Å²) >= 11 is 9.35. The van der Waals surface area contributed by atoms with Gasteiger partial charge in [-0.25, -0.2) is 4.39 Å². The number of amides is 1. The summed E-state index contributed by atoms with van der Waals surface area (Å²) in [7, 11) is 1.82. The smallest absolute Gasteiger partial charge is 0.303 e. The van der Waals surface area contributed by atoms with Gasteiger partial charge in [0.1, 0.15) is 12.4 Å². The zero-order chi connectivity index (χ0) is 17.4. The maximum atomic E-state index is 13.9. The number of rotatable bonds is 4. The van der Waals surface area contributed by atoms with Crippen molar-refractivity contribution >= 4 is 44.9 Å². The SMILES string of the molecule is C[NH+](Cc1c(F)cccc1Cl)CN1C(=O)C(=O)c2cc(Br)ccc21. The molecule has 2 aromatic carbocycles. The van der Waals surface area contributed by atoms with Crippen molar-refractivity contribution < 1.29 is 18.9 Å². The Labute approximate surface area is 151 Å². The highest BCUT2D eigenvalue weighted by molar-refractivity contribution is 9.10. The van der Waals surface area contributed by atoms with Crippen LogP contribution in [0.15, 0.2) is 40.9 Å². The maximum Gasteiger partial charge on any atom is 0.303 e. The third-order valence-electron chi connectivity index (χ3n) is 3.90. The van der Waals surface area contributed by atoms with Gasteiger partial charge in [-0.05, 0) is 30.3 Å². The van der Waals surface area contributed by atoms with Gasteiger partial charge in [-0.3, -0.25) is 14.5 Å². The van der Waals surface area contributed by atoms with Crippen molar-refractivity contribution in [2.75, 3.05) is 18.6 Å². The molecule has 7 heteroatoms. The Morgan fingerprint density at radius 3 is 2.71 bits per heavy atom. The van der Waals surface area contributed by atoms with E-state index in [2.05, 4.69) is 15.9 Å². The van der Waals surface area contributed by atoms with Gasteiger partial charge in [-0.1, -0.05) is 33.6 Å². The number of Topliss-reactive ketones (excluding diaryl/α,β-unsaturated/α-hetero) is 1. The molecule has 1 unspecified atom stereocenters. The monoisotopic (exact) mass is 411 g/mol. The number of nitrogens with one attached hydrogen (secondary N) is 1. The highest BCUT2D eigenvalue weighted by Crippen LogP contribution is 2.30. The van der Waals surface area contributed by atoms with Crippen LogP contribution in [0, 0.1) is 5.82 Å². The number of benzene rings is 2. The summed E-state index contributed by atoms with van der Waals surface area (Å²) in [4.78, 5) is 26.6. The number of halogens is 3. The molecule has 0 bridgehead atoms. The second-order valence-electron chi connectivity index (χ2n) is 5.72. The van der Waals surface area contributed by atoms with Crippen molar-refractivity contribution in [3.63, 3.8) is 0 Å². The van der Waals surface area contributed by atoms with Crippen LogP contribution in [0.3, 0.4) is 0 Å². The van der Waals surface area contributed by atoms with Crippen LogP contribution in [-0.4, -0.2) is 25.4 Å². The van der Waals surface area contributed by atoms with Gasteiger partial charge in [-0.15, -0.1) is 0 Å². The number of nitrogens with zero attached hydrogens (tertiary/aromatic N) is 1. The summed E-state index contributed by atoms with van der Waals surface area (Å²) in [5, 5.41) is 0.350. The molecule has 1 heterocycles. The third kappa shape index (κ3) is 3.09. The van der Waals surface area contributed by atoms with Gasteiger partial charge in [0.25, 0.3) is 5.78 Å². The topological polar surface area (TPSA) is 41.8 Å². The molecule has 0 aromatic heterocycles. The molecule has 1 aliphatic rings. The molecule has 0 saturated heterocycles. The van der Waals surface area contributed by atoms with Crippen molar-refractivity contribution in [1.82, 2.24) is 0 Å². The Bertz CT molecular complexity index is 823. The van der Waals surface area contributed by atoms with E-state index in [4.69, 9.17) is 11.6 Å². The van der Waals surface area contributed by atoms with Crippen molar-refractivity contribution in [3.05, 3.63) is 62.8 Å². The second kappa shape index (κ2) is 6.63. The molecule has 0 fully saturated rings. The van der Waals surface area contributed by atoms with E-state index in [1.165, 1.54) is 11.0 Å². The lowest BCUT2D eigenvalue weighted by Crippen LogP contribution is -3.09. The first-order valence-electron chi connectivity index (χ1n) is 7.28. The summed E-state index contributed by atoms with van der Waals surface area (Å²) < 4.78 is 14.6. The molecule has 124 valence electrons. The molecule has 1 N–H and O–H groups in total. The molecule has 24 heavy (non-hydrogen) atoms. The first-order valence-corrected chi connectivity index (χ1v) is 8.45. The van der Waals surface area contributed by atoms with E-state index in [0.29, 0.717) is 28.4 Å².